The van der Waals surface area contributed by atoms with Crippen LogP contribution in [0.4, 0.5) is 10.5 Å². The Morgan fingerprint density at radius 2 is 2.26 bits per heavy atom. The summed E-state index contributed by atoms with van der Waals surface area (Å²) >= 11 is 1.61. The molecule has 0 aliphatic carbocycles. The zero-order valence-electron chi connectivity index (χ0n) is 15.2. The second kappa shape index (κ2) is 7.92. The Bertz CT molecular complexity index is 906. The molecule has 0 spiro atoms. The van der Waals surface area contributed by atoms with E-state index in [1.165, 1.54) is 0 Å². The highest BCUT2D eigenvalue weighted by Gasteiger charge is 2.26. The van der Waals surface area contributed by atoms with Crippen LogP contribution in [0.2, 0.25) is 0 Å². The lowest BCUT2D eigenvalue weighted by molar-refractivity contribution is 0.173. The summed E-state index contributed by atoms with van der Waals surface area (Å²) in [5.74, 6) is 1.61. The van der Waals surface area contributed by atoms with Gasteiger partial charge in [0.2, 0.25) is 11.7 Å². The number of hydrogen-bond acceptors (Lipinski definition) is 5. The average Bonchev–Trinajstić information content (AvgIpc) is 3.35. The lowest BCUT2D eigenvalue weighted by Crippen LogP contribution is -2.42. The molecule has 1 N–H and O–H groups in total. The van der Waals surface area contributed by atoms with Gasteiger partial charge in [-0.05, 0) is 48.8 Å². The van der Waals surface area contributed by atoms with Crippen molar-refractivity contribution in [1.82, 2.24) is 15.0 Å². The Balaban J connectivity index is 1.37. The molecule has 3 aromatic rings. The Morgan fingerprint density at radius 3 is 3.07 bits per heavy atom. The molecule has 2 aromatic heterocycles. The number of benzene rings is 1. The lowest BCUT2D eigenvalue weighted by Gasteiger charge is -2.32. The highest BCUT2D eigenvalue weighted by atomic mass is 32.1. The molecular weight excluding hydrogens is 360 g/mol. The first-order valence-corrected chi connectivity index (χ1v) is 10.1. The van der Waals surface area contributed by atoms with Gasteiger partial charge in [0.25, 0.3) is 0 Å². The maximum atomic E-state index is 12.6. The zero-order valence-corrected chi connectivity index (χ0v) is 16.0. The third-order valence-electron chi connectivity index (χ3n) is 4.90. The molecule has 1 aliphatic heterocycles. The summed E-state index contributed by atoms with van der Waals surface area (Å²) in [6.07, 6.45) is 2.74. The minimum atomic E-state index is -0.0431. The largest absolute Gasteiger partial charge is 0.339 e. The van der Waals surface area contributed by atoms with Crippen LogP contribution in [0, 0.1) is 12.8 Å². The average molecular weight is 382 g/mol. The predicted octanol–water partition coefficient (Wildman–Crippen LogP) is 4.59. The van der Waals surface area contributed by atoms with Crippen molar-refractivity contribution >= 4 is 23.1 Å². The van der Waals surface area contributed by atoms with Crippen molar-refractivity contribution in [2.45, 2.75) is 26.2 Å². The van der Waals surface area contributed by atoms with E-state index in [4.69, 9.17) is 4.52 Å². The number of anilines is 1. The minimum absolute atomic E-state index is 0.0431. The molecule has 3 heterocycles. The van der Waals surface area contributed by atoms with Gasteiger partial charge in [-0.25, -0.2) is 4.79 Å². The number of carbonyl (C=O) groups excluding carboxylic acids is 1. The third-order valence-corrected chi connectivity index (χ3v) is 5.59. The Labute approximate surface area is 162 Å². The molecule has 7 heteroatoms. The van der Waals surface area contributed by atoms with Gasteiger partial charge in [-0.2, -0.15) is 16.3 Å². The normalized spacial score (nSPS) is 17.1. The highest BCUT2D eigenvalue weighted by molar-refractivity contribution is 7.08. The van der Waals surface area contributed by atoms with Crippen molar-refractivity contribution in [2.75, 3.05) is 18.4 Å². The molecule has 1 atom stereocenters. The van der Waals surface area contributed by atoms with Gasteiger partial charge in [0.15, 0.2) is 0 Å². The molecule has 140 valence electrons. The Hall–Kier alpha value is -2.67. The fourth-order valence-electron chi connectivity index (χ4n) is 3.42. The zero-order chi connectivity index (χ0) is 18.6. The number of para-hydroxylation sites is 1. The van der Waals surface area contributed by atoms with Crippen molar-refractivity contribution in [3.8, 4) is 11.4 Å². The predicted molar refractivity (Wildman–Crippen MR) is 106 cm³/mol. The molecule has 0 radical (unpaired) electrons. The van der Waals surface area contributed by atoms with Gasteiger partial charge in [0, 0.05) is 36.1 Å². The summed E-state index contributed by atoms with van der Waals surface area (Å²) in [7, 11) is 0. The Morgan fingerprint density at radius 1 is 1.37 bits per heavy atom. The second-order valence-corrected chi connectivity index (χ2v) is 7.71. The Kier molecular flexibility index (Phi) is 5.20. The number of aryl methyl sites for hydroxylation is 1. The number of amides is 2. The number of aromatic nitrogens is 2. The summed E-state index contributed by atoms with van der Waals surface area (Å²) in [6.45, 7) is 3.47. The SMILES string of the molecule is Cc1ccccc1NC(=O)N1CCC[C@H](Cc2nc(-c3ccsc3)no2)C1. The van der Waals surface area contributed by atoms with Crippen molar-refractivity contribution < 1.29 is 9.32 Å². The number of piperidine rings is 1. The molecule has 0 unspecified atom stereocenters. The van der Waals surface area contributed by atoms with Gasteiger partial charge >= 0.3 is 6.03 Å². The van der Waals surface area contributed by atoms with Gasteiger partial charge in [-0.3, -0.25) is 0 Å². The maximum absolute atomic E-state index is 12.6. The molecular formula is C20H22N4O2S. The van der Waals surface area contributed by atoms with Gasteiger partial charge in [-0.15, -0.1) is 0 Å². The highest BCUT2D eigenvalue weighted by Crippen LogP contribution is 2.24. The molecule has 0 saturated carbocycles. The summed E-state index contributed by atoms with van der Waals surface area (Å²) in [4.78, 5) is 19.0. The van der Waals surface area contributed by atoms with E-state index in [1.807, 2.05) is 52.9 Å². The van der Waals surface area contributed by atoms with Gasteiger partial charge in [-0.1, -0.05) is 23.4 Å². The summed E-state index contributed by atoms with van der Waals surface area (Å²) in [6, 6.07) is 9.77. The van der Waals surface area contributed by atoms with Crippen LogP contribution in [0.1, 0.15) is 24.3 Å². The molecule has 0 bridgehead atoms. The number of nitrogens with one attached hydrogen (secondary N) is 1. The number of hydrogen-bond donors (Lipinski definition) is 1. The van der Waals surface area contributed by atoms with E-state index >= 15 is 0 Å². The third kappa shape index (κ3) is 4.19. The molecule has 4 rings (SSSR count). The van der Waals surface area contributed by atoms with E-state index < -0.39 is 0 Å². The van der Waals surface area contributed by atoms with E-state index in [-0.39, 0.29) is 6.03 Å². The molecule has 1 saturated heterocycles. The fraction of sp³-hybridized carbons (Fsp3) is 0.350. The van der Waals surface area contributed by atoms with Crippen molar-refractivity contribution in [3.05, 3.63) is 52.5 Å². The van der Waals surface area contributed by atoms with E-state index in [9.17, 15) is 4.79 Å². The van der Waals surface area contributed by atoms with Crippen LogP contribution < -0.4 is 5.32 Å². The van der Waals surface area contributed by atoms with Crippen molar-refractivity contribution in [1.29, 1.82) is 0 Å². The second-order valence-electron chi connectivity index (χ2n) is 6.93. The molecule has 1 aromatic carbocycles. The molecule has 1 fully saturated rings. The number of thiophene rings is 1. The van der Waals surface area contributed by atoms with Crippen LogP contribution in [0.5, 0.6) is 0 Å². The smallest absolute Gasteiger partial charge is 0.321 e. The van der Waals surface area contributed by atoms with E-state index in [0.717, 1.165) is 36.2 Å². The van der Waals surface area contributed by atoms with Gasteiger partial charge in [0.05, 0.1) is 0 Å². The first-order valence-electron chi connectivity index (χ1n) is 9.16. The van der Waals surface area contributed by atoms with Crippen molar-refractivity contribution in [2.24, 2.45) is 5.92 Å². The van der Waals surface area contributed by atoms with Crippen LogP contribution in [-0.2, 0) is 6.42 Å². The van der Waals surface area contributed by atoms with Crippen LogP contribution in [0.25, 0.3) is 11.4 Å². The number of nitrogens with zero attached hydrogens (tertiary/aromatic N) is 3. The summed E-state index contributed by atoms with van der Waals surface area (Å²) in [5, 5.41) is 11.1. The quantitative estimate of drug-likeness (QED) is 0.716. The first-order chi connectivity index (χ1) is 13.2. The van der Waals surface area contributed by atoms with Crippen LogP contribution >= 0.6 is 11.3 Å². The number of likely N-dealkylation sites (tertiary alicyclic amines) is 1. The molecule has 27 heavy (non-hydrogen) atoms. The van der Waals surface area contributed by atoms with E-state index in [2.05, 4.69) is 15.5 Å². The topological polar surface area (TPSA) is 71.3 Å². The monoisotopic (exact) mass is 382 g/mol. The number of urea groups is 1. The van der Waals surface area contributed by atoms with E-state index in [0.29, 0.717) is 30.6 Å². The first kappa shape index (κ1) is 17.7. The maximum Gasteiger partial charge on any atom is 0.321 e. The van der Waals surface area contributed by atoms with E-state index in [1.54, 1.807) is 11.3 Å². The van der Waals surface area contributed by atoms with Gasteiger partial charge < -0.3 is 14.7 Å². The summed E-state index contributed by atoms with van der Waals surface area (Å²) in [5.41, 5.74) is 2.91. The standard InChI is InChI=1S/C20H22N4O2S/c1-14-5-2-3-7-17(14)21-20(25)24-9-4-6-15(12-24)11-18-22-19(23-26-18)16-8-10-27-13-16/h2-3,5,7-8,10,13,15H,4,6,9,11-12H2,1H3,(H,21,25)/t15-/m1/s1. The van der Waals surface area contributed by atoms with Crippen molar-refractivity contribution in [3.63, 3.8) is 0 Å². The van der Waals surface area contributed by atoms with Gasteiger partial charge in [0.1, 0.15) is 0 Å². The minimum Gasteiger partial charge on any atom is -0.339 e. The summed E-state index contributed by atoms with van der Waals surface area (Å²) < 4.78 is 5.42. The lowest BCUT2D eigenvalue weighted by atomic mass is 9.95. The van der Waals surface area contributed by atoms with Crippen LogP contribution in [-0.4, -0.2) is 34.2 Å². The van der Waals surface area contributed by atoms with Crippen LogP contribution in [0.3, 0.4) is 0 Å². The number of rotatable bonds is 4. The molecule has 1 aliphatic rings. The fourth-order valence-corrected chi connectivity index (χ4v) is 4.05. The van der Waals surface area contributed by atoms with Crippen LogP contribution in [0.15, 0.2) is 45.6 Å². The molecule has 6 nitrogen and oxygen atoms in total. The number of carbonyl (C=O) groups is 1. The molecule has 2 amide bonds.